The SMILES string of the molecule is O=C(OC1[C@H](Oc2ccc(-c3ccc4ccccc4c3)nn2)C2CCN1CC2)C(F)(F)F. The van der Waals surface area contributed by atoms with Crippen LogP contribution in [0.3, 0.4) is 0 Å². The predicted octanol–water partition coefficient (Wildman–Crippen LogP) is 4.20. The van der Waals surface area contributed by atoms with Crippen molar-refractivity contribution < 1.29 is 27.4 Å². The summed E-state index contributed by atoms with van der Waals surface area (Å²) in [6.45, 7) is 1.12. The van der Waals surface area contributed by atoms with Crippen LogP contribution in [0.1, 0.15) is 12.8 Å². The summed E-state index contributed by atoms with van der Waals surface area (Å²) in [4.78, 5) is 13.2. The Balaban J connectivity index is 1.34. The Labute approximate surface area is 181 Å². The molecule has 166 valence electrons. The minimum Gasteiger partial charge on any atom is -0.468 e. The Kier molecular flexibility index (Phi) is 5.21. The molecule has 1 aromatic heterocycles. The molecule has 3 aliphatic heterocycles. The molecule has 0 radical (unpaired) electrons. The fraction of sp³-hybridized carbons (Fsp3) is 0.348. The molecule has 1 unspecified atom stereocenters. The zero-order valence-corrected chi connectivity index (χ0v) is 17.0. The number of fused-ring (bicyclic) bond motifs is 4. The highest BCUT2D eigenvalue weighted by Crippen LogP contribution is 2.36. The fourth-order valence-corrected chi connectivity index (χ4v) is 4.44. The Hall–Kier alpha value is -3.20. The Bertz CT molecular complexity index is 1130. The molecule has 0 spiro atoms. The van der Waals surface area contributed by atoms with Gasteiger partial charge in [0, 0.05) is 30.6 Å². The second-order valence-electron chi connectivity index (χ2n) is 8.07. The van der Waals surface area contributed by atoms with Gasteiger partial charge in [-0.05, 0) is 35.7 Å². The van der Waals surface area contributed by atoms with Crippen LogP contribution < -0.4 is 4.74 Å². The highest BCUT2D eigenvalue weighted by atomic mass is 19.4. The van der Waals surface area contributed by atoms with E-state index in [-0.39, 0.29) is 11.8 Å². The molecule has 3 saturated heterocycles. The van der Waals surface area contributed by atoms with Crippen LogP contribution in [0.25, 0.3) is 22.0 Å². The van der Waals surface area contributed by atoms with Gasteiger partial charge in [-0.25, -0.2) is 4.79 Å². The zero-order valence-electron chi connectivity index (χ0n) is 17.0. The molecule has 0 amide bonds. The molecule has 0 N–H and O–H groups in total. The van der Waals surface area contributed by atoms with Crippen LogP contribution in [-0.2, 0) is 9.53 Å². The van der Waals surface area contributed by atoms with E-state index >= 15 is 0 Å². The van der Waals surface area contributed by atoms with Crippen molar-refractivity contribution in [2.24, 2.45) is 5.92 Å². The molecule has 6 nitrogen and oxygen atoms in total. The zero-order chi connectivity index (χ0) is 22.3. The molecular weight excluding hydrogens is 423 g/mol. The van der Waals surface area contributed by atoms with Crippen molar-refractivity contribution in [3.05, 3.63) is 54.6 Å². The fourth-order valence-electron chi connectivity index (χ4n) is 4.44. The smallest absolute Gasteiger partial charge is 0.468 e. The lowest BCUT2D eigenvalue weighted by Crippen LogP contribution is -2.61. The Morgan fingerprint density at radius 1 is 0.969 bits per heavy atom. The van der Waals surface area contributed by atoms with Crippen molar-refractivity contribution in [3.8, 4) is 17.1 Å². The van der Waals surface area contributed by atoms with Gasteiger partial charge in [0.2, 0.25) is 5.88 Å². The predicted molar refractivity (Wildman–Crippen MR) is 110 cm³/mol. The summed E-state index contributed by atoms with van der Waals surface area (Å²) in [5.74, 6) is -2.05. The lowest BCUT2D eigenvalue weighted by molar-refractivity contribution is -0.233. The summed E-state index contributed by atoms with van der Waals surface area (Å²) in [6, 6.07) is 17.3. The number of ether oxygens (including phenoxy) is 2. The molecule has 3 fully saturated rings. The van der Waals surface area contributed by atoms with Crippen molar-refractivity contribution in [1.29, 1.82) is 0 Å². The number of carbonyl (C=O) groups is 1. The third-order valence-electron chi connectivity index (χ3n) is 6.08. The van der Waals surface area contributed by atoms with Gasteiger partial charge >= 0.3 is 12.1 Å². The van der Waals surface area contributed by atoms with Gasteiger partial charge in [-0.15, -0.1) is 10.2 Å². The third kappa shape index (κ3) is 4.00. The summed E-state index contributed by atoms with van der Waals surface area (Å²) in [5.41, 5.74) is 1.54. The quantitative estimate of drug-likeness (QED) is 0.563. The van der Waals surface area contributed by atoms with Crippen LogP contribution in [-0.4, -0.2) is 52.7 Å². The third-order valence-corrected chi connectivity index (χ3v) is 6.08. The second kappa shape index (κ2) is 8.05. The average molecular weight is 443 g/mol. The maximum atomic E-state index is 12.7. The molecule has 3 aliphatic rings. The van der Waals surface area contributed by atoms with Crippen LogP contribution >= 0.6 is 0 Å². The van der Waals surface area contributed by atoms with Crippen LogP contribution in [0.5, 0.6) is 5.88 Å². The molecule has 0 saturated carbocycles. The number of halogens is 3. The highest BCUT2D eigenvalue weighted by molar-refractivity contribution is 5.86. The maximum absolute atomic E-state index is 12.7. The average Bonchev–Trinajstić information content (AvgIpc) is 2.80. The molecule has 9 heteroatoms. The van der Waals surface area contributed by atoms with E-state index in [4.69, 9.17) is 9.47 Å². The molecule has 2 atom stereocenters. The van der Waals surface area contributed by atoms with Gasteiger partial charge in [-0.1, -0.05) is 36.4 Å². The van der Waals surface area contributed by atoms with Crippen LogP contribution in [0.4, 0.5) is 13.2 Å². The number of hydrogen-bond acceptors (Lipinski definition) is 6. The topological polar surface area (TPSA) is 64.5 Å². The molecule has 0 aliphatic carbocycles. The van der Waals surface area contributed by atoms with E-state index in [1.807, 2.05) is 42.5 Å². The Morgan fingerprint density at radius 2 is 1.72 bits per heavy atom. The number of esters is 1. The summed E-state index contributed by atoms with van der Waals surface area (Å²) in [6.07, 6.45) is -5.37. The van der Waals surface area contributed by atoms with Crippen molar-refractivity contribution in [1.82, 2.24) is 15.1 Å². The summed E-state index contributed by atoms with van der Waals surface area (Å²) in [7, 11) is 0. The molecule has 2 bridgehead atoms. The number of aromatic nitrogens is 2. The maximum Gasteiger partial charge on any atom is 0.490 e. The van der Waals surface area contributed by atoms with E-state index in [1.165, 1.54) is 0 Å². The van der Waals surface area contributed by atoms with E-state index in [0.29, 0.717) is 18.8 Å². The number of hydrogen-bond donors (Lipinski definition) is 0. The minimum atomic E-state index is -5.05. The van der Waals surface area contributed by atoms with Gasteiger partial charge in [0.15, 0.2) is 12.3 Å². The van der Waals surface area contributed by atoms with E-state index in [0.717, 1.165) is 29.2 Å². The minimum absolute atomic E-state index is 0.0204. The molecule has 32 heavy (non-hydrogen) atoms. The first kappa shape index (κ1) is 20.7. The van der Waals surface area contributed by atoms with Crippen molar-refractivity contribution in [3.63, 3.8) is 0 Å². The first-order valence-electron chi connectivity index (χ1n) is 10.4. The molecular formula is C23H20F3N3O3. The van der Waals surface area contributed by atoms with Crippen LogP contribution in [0, 0.1) is 5.92 Å². The normalized spacial score (nSPS) is 25.0. The van der Waals surface area contributed by atoms with E-state index in [2.05, 4.69) is 10.2 Å². The van der Waals surface area contributed by atoms with Gasteiger partial charge in [0.1, 0.15) is 0 Å². The van der Waals surface area contributed by atoms with Crippen molar-refractivity contribution in [2.45, 2.75) is 31.3 Å². The number of rotatable bonds is 4. The monoisotopic (exact) mass is 443 g/mol. The number of nitrogens with zero attached hydrogens (tertiary/aromatic N) is 3. The second-order valence-corrected chi connectivity index (χ2v) is 8.07. The molecule has 6 rings (SSSR count). The van der Waals surface area contributed by atoms with Crippen LogP contribution in [0.2, 0.25) is 0 Å². The summed E-state index contributed by atoms with van der Waals surface area (Å²) < 4.78 is 49.0. The van der Waals surface area contributed by atoms with Gasteiger partial charge in [-0.2, -0.15) is 13.2 Å². The molecule has 3 aromatic rings. The standard InChI is InChI=1S/C23H20F3N3O3/c24-23(25,26)22(30)32-21-20(15-9-11-29(21)12-10-15)31-19-8-7-18(27-28-19)17-6-5-14-3-1-2-4-16(14)13-17/h1-8,13,15,20-21H,9-12H2/t20-,21?/m1/s1. The van der Waals surface area contributed by atoms with Crippen molar-refractivity contribution >= 4 is 16.7 Å². The highest BCUT2D eigenvalue weighted by Gasteiger charge is 2.50. The number of carbonyl (C=O) groups excluding carboxylic acids is 1. The van der Waals surface area contributed by atoms with Gasteiger partial charge in [-0.3, -0.25) is 4.90 Å². The lowest BCUT2D eigenvalue weighted by atomic mass is 9.84. The number of piperidine rings is 3. The van der Waals surface area contributed by atoms with Gasteiger partial charge in [0.25, 0.3) is 0 Å². The molecule has 2 aromatic carbocycles. The lowest BCUT2D eigenvalue weighted by Gasteiger charge is -2.48. The Morgan fingerprint density at radius 3 is 2.41 bits per heavy atom. The van der Waals surface area contributed by atoms with Crippen molar-refractivity contribution in [2.75, 3.05) is 13.1 Å². The number of alkyl halides is 3. The first-order valence-corrected chi connectivity index (χ1v) is 10.4. The van der Waals surface area contributed by atoms with Gasteiger partial charge in [0.05, 0.1) is 5.69 Å². The number of benzene rings is 2. The van der Waals surface area contributed by atoms with Gasteiger partial charge < -0.3 is 9.47 Å². The van der Waals surface area contributed by atoms with E-state index in [9.17, 15) is 18.0 Å². The van der Waals surface area contributed by atoms with E-state index < -0.39 is 24.5 Å². The van der Waals surface area contributed by atoms with Crippen LogP contribution in [0.15, 0.2) is 54.6 Å². The molecule has 4 heterocycles. The van der Waals surface area contributed by atoms with E-state index in [1.54, 1.807) is 17.0 Å². The first-order chi connectivity index (χ1) is 15.4. The summed E-state index contributed by atoms with van der Waals surface area (Å²) >= 11 is 0. The summed E-state index contributed by atoms with van der Waals surface area (Å²) in [5, 5.41) is 10.5. The largest absolute Gasteiger partial charge is 0.490 e.